The van der Waals surface area contributed by atoms with Gasteiger partial charge in [-0.1, -0.05) is 24.8 Å². The van der Waals surface area contributed by atoms with Crippen LogP contribution in [0.3, 0.4) is 0 Å². The molecule has 0 saturated heterocycles. The van der Waals surface area contributed by atoms with E-state index < -0.39 is 17.5 Å². The minimum Gasteiger partial charge on any atom is -0.398 e. The number of hydrogen-bond acceptors (Lipinski definition) is 1. The highest BCUT2D eigenvalue weighted by Gasteiger charge is 2.17. The standard InChI is InChI=1S/C14H10F3N/c1-8(9-4-2-3-5-10(9)15)13-12(18)7-6-11(16)14(13)17/h2-7H,1,18H2. The van der Waals surface area contributed by atoms with Crippen molar-refractivity contribution in [3.63, 3.8) is 0 Å². The molecule has 2 N–H and O–H groups in total. The molecule has 0 fully saturated rings. The minimum absolute atomic E-state index is 0.0159. The number of halogens is 3. The van der Waals surface area contributed by atoms with Crippen LogP contribution in [0, 0.1) is 17.5 Å². The smallest absolute Gasteiger partial charge is 0.168 e. The second-order valence-electron chi connectivity index (χ2n) is 3.78. The predicted molar refractivity (Wildman–Crippen MR) is 65.3 cm³/mol. The Morgan fingerprint density at radius 3 is 2.28 bits per heavy atom. The molecular weight excluding hydrogens is 239 g/mol. The Labute approximate surface area is 102 Å². The van der Waals surface area contributed by atoms with Gasteiger partial charge in [-0.15, -0.1) is 0 Å². The first-order valence-electron chi connectivity index (χ1n) is 5.20. The first kappa shape index (κ1) is 12.2. The zero-order chi connectivity index (χ0) is 13.3. The van der Waals surface area contributed by atoms with Crippen molar-refractivity contribution >= 4 is 11.3 Å². The fourth-order valence-corrected chi connectivity index (χ4v) is 1.71. The third kappa shape index (κ3) is 1.97. The average molecular weight is 249 g/mol. The molecule has 0 aromatic heterocycles. The molecule has 0 aliphatic carbocycles. The molecule has 2 aromatic carbocycles. The van der Waals surface area contributed by atoms with Crippen molar-refractivity contribution in [1.82, 2.24) is 0 Å². The Kier molecular flexibility index (Phi) is 3.10. The molecule has 0 spiro atoms. The van der Waals surface area contributed by atoms with Crippen LogP contribution >= 0.6 is 0 Å². The van der Waals surface area contributed by atoms with Crippen LogP contribution in [0.25, 0.3) is 5.57 Å². The molecule has 2 aromatic rings. The zero-order valence-corrected chi connectivity index (χ0v) is 9.38. The highest BCUT2D eigenvalue weighted by atomic mass is 19.2. The summed E-state index contributed by atoms with van der Waals surface area (Å²) in [6.07, 6.45) is 0. The van der Waals surface area contributed by atoms with Crippen LogP contribution in [0.4, 0.5) is 18.9 Å². The average Bonchev–Trinajstić information content (AvgIpc) is 2.35. The van der Waals surface area contributed by atoms with Gasteiger partial charge in [0, 0.05) is 16.8 Å². The number of nitrogens with two attached hydrogens (primary N) is 1. The van der Waals surface area contributed by atoms with Gasteiger partial charge in [-0.25, -0.2) is 13.2 Å². The topological polar surface area (TPSA) is 26.0 Å². The molecule has 92 valence electrons. The van der Waals surface area contributed by atoms with E-state index in [1.54, 1.807) is 6.07 Å². The molecule has 1 nitrogen and oxygen atoms in total. The van der Waals surface area contributed by atoms with Gasteiger partial charge >= 0.3 is 0 Å². The molecular formula is C14H10F3N. The molecule has 0 saturated carbocycles. The molecule has 4 heteroatoms. The first-order chi connectivity index (χ1) is 8.52. The summed E-state index contributed by atoms with van der Waals surface area (Å²) in [6, 6.07) is 7.87. The van der Waals surface area contributed by atoms with Crippen LogP contribution in [0.2, 0.25) is 0 Å². The number of hydrogen-bond donors (Lipinski definition) is 1. The zero-order valence-electron chi connectivity index (χ0n) is 9.38. The van der Waals surface area contributed by atoms with Crippen molar-refractivity contribution in [2.24, 2.45) is 0 Å². The van der Waals surface area contributed by atoms with Gasteiger partial charge in [0.05, 0.1) is 0 Å². The molecule has 0 heterocycles. The fraction of sp³-hybridized carbons (Fsp3) is 0. The van der Waals surface area contributed by atoms with E-state index in [-0.39, 0.29) is 22.4 Å². The summed E-state index contributed by atoms with van der Waals surface area (Å²) >= 11 is 0. The van der Waals surface area contributed by atoms with E-state index >= 15 is 0 Å². The van der Waals surface area contributed by atoms with E-state index in [0.29, 0.717) is 0 Å². The maximum Gasteiger partial charge on any atom is 0.168 e. The lowest BCUT2D eigenvalue weighted by atomic mass is 9.97. The van der Waals surface area contributed by atoms with Crippen molar-refractivity contribution in [2.45, 2.75) is 0 Å². The first-order valence-corrected chi connectivity index (χ1v) is 5.20. The Bertz CT molecular complexity index is 620. The molecule has 0 aliphatic heterocycles. The van der Waals surface area contributed by atoms with Crippen LogP contribution in [0.1, 0.15) is 11.1 Å². The van der Waals surface area contributed by atoms with Crippen molar-refractivity contribution in [2.75, 3.05) is 5.73 Å². The van der Waals surface area contributed by atoms with Crippen LogP contribution in [-0.4, -0.2) is 0 Å². The fourth-order valence-electron chi connectivity index (χ4n) is 1.71. The third-order valence-corrected chi connectivity index (χ3v) is 2.63. The summed E-state index contributed by atoms with van der Waals surface area (Å²) in [6.45, 7) is 3.59. The van der Waals surface area contributed by atoms with E-state index in [1.165, 1.54) is 24.3 Å². The van der Waals surface area contributed by atoms with Gasteiger partial charge < -0.3 is 5.73 Å². The van der Waals surface area contributed by atoms with Crippen LogP contribution in [0.15, 0.2) is 43.0 Å². The lowest BCUT2D eigenvalue weighted by Crippen LogP contribution is -2.02. The largest absolute Gasteiger partial charge is 0.398 e. The van der Waals surface area contributed by atoms with Crippen LogP contribution in [-0.2, 0) is 0 Å². The second-order valence-corrected chi connectivity index (χ2v) is 3.78. The van der Waals surface area contributed by atoms with Gasteiger partial charge in [0.2, 0.25) is 0 Å². The lowest BCUT2D eigenvalue weighted by Gasteiger charge is -2.11. The molecule has 0 amide bonds. The van der Waals surface area contributed by atoms with E-state index in [4.69, 9.17) is 5.73 Å². The highest BCUT2D eigenvalue weighted by Crippen LogP contribution is 2.31. The molecule has 0 unspecified atom stereocenters. The van der Waals surface area contributed by atoms with Gasteiger partial charge in [-0.3, -0.25) is 0 Å². The number of anilines is 1. The van der Waals surface area contributed by atoms with Crippen LogP contribution < -0.4 is 5.73 Å². The van der Waals surface area contributed by atoms with Crippen molar-refractivity contribution in [3.8, 4) is 0 Å². The lowest BCUT2D eigenvalue weighted by molar-refractivity contribution is 0.507. The van der Waals surface area contributed by atoms with E-state index in [2.05, 4.69) is 6.58 Å². The monoisotopic (exact) mass is 249 g/mol. The molecule has 18 heavy (non-hydrogen) atoms. The highest BCUT2D eigenvalue weighted by molar-refractivity contribution is 5.84. The van der Waals surface area contributed by atoms with Crippen molar-refractivity contribution in [1.29, 1.82) is 0 Å². The second kappa shape index (κ2) is 4.56. The maximum atomic E-state index is 13.7. The normalized spacial score (nSPS) is 10.4. The third-order valence-electron chi connectivity index (χ3n) is 2.63. The van der Waals surface area contributed by atoms with Crippen LogP contribution in [0.5, 0.6) is 0 Å². The summed E-state index contributed by atoms with van der Waals surface area (Å²) in [4.78, 5) is 0. The van der Waals surface area contributed by atoms with Gasteiger partial charge in [-0.05, 0) is 23.8 Å². The van der Waals surface area contributed by atoms with E-state index in [0.717, 1.165) is 6.07 Å². The van der Waals surface area contributed by atoms with Gasteiger partial charge in [0.25, 0.3) is 0 Å². The number of nitrogen functional groups attached to an aromatic ring is 1. The van der Waals surface area contributed by atoms with Crippen molar-refractivity contribution < 1.29 is 13.2 Å². The predicted octanol–water partition coefficient (Wildman–Crippen LogP) is 3.75. The molecule has 2 rings (SSSR count). The van der Waals surface area contributed by atoms with Gasteiger partial charge in [-0.2, -0.15) is 0 Å². The Morgan fingerprint density at radius 2 is 1.61 bits per heavy atom. The maximum absolute atomic E-state index is 13.7. The van der Waals surface area contributed by atoms with E-state index in [1.807, 2.05) is 0 Å². The molecule has 0 radical (unpaired) electrons. The minimum atomic E-state index is -1.12. The molecule has 0 aliphatic rings. The summed E-state index contributed by atoms with van der Waals surface area (Å²) < 4.78 is 40.4. The summed E-state index contributed by atoms with van der Waals surface area (Å²) in [5.41, 5.74) is 5.50. The van der Waals surface area contributed by atoms with Gasteiger partial charge in [0.1, 0.15) is 5.82 Å². The summed E-state index contributed by atoms with van der Waals surface area (Å²) in [5.74, 6) is -2.73. The molecule has 0 bridgehead atoms. The Balaban J connectivity index is 2.61. The van der Waals surface area contributed by atoms with Crippen molar-refractivity contribution in [3.05, 3.63) is 71.6 Å². The Morgan fingerprint density at radius 1 is 0.944 bits per heavy atom. The summed E-state index contributed by atoms with van der Waals surface area (Å²) in [5, 5.41) is 0. The Hall–Kier alpha value is -2.23. The molecule has 0 atom stereocenters. The number of rotatable bonds is 2. The quantitative estimate of drug-likeness (QED) is 0.806. The van der Waals surface area contributed by atoms with E-state index in [9.17, 15) is 13.2 Å². The summed E-state index contributed by atoms with van der Waals surface area (Å²) in [7, 11) is 0. The SMILES string of the molecule is C=C(c1ccccc1F)c1c(N)ccc(F)c1F. The van der Waals surface area contributed by atoms with Gasteiger partial charge in [0.15, 0.2) is 11.6 Å². The number of benzene rings is 2.